The number of β-amino-alcohol motifs (C(OH)–C–C–N with tert-alkyl or cyclic N) is 1. The molecular weight excluding hydrogens is 240 g/mol. The quantitative estimate of drug-likeness (QED) is 0.815. The first kappa shape index (κ1) is 14.3. The van der Waals surface area contributed by atoms with E-state index in [0.717, 1.165) is 17.9 Å². The van der Waals surface area contributed by atoms with Crippen molar-refractivity contribution in [3.05, 3.63) is 29.8 Å². The highest BCUT2D eigenvalue weighted by atomic mass is 16.5. The Morgan fingerprint density at radius 2 is 2.16 bits per heavy atom. The summed E-state index contributed by atoms with van der Waals surface area (Å²) in [5.41, 5.74) is 6.62. The molecule has 4 heteroatoms. The first-order valence-corrected chi connectivity index (χ1v) is 7.03. The number of aliphatic hydroxyl groups excluding tert-OH is 1. The van der Waals surface area contributed by atoms with E-state index in [0.29, 0.717) is 25.7 Å². The van der Waals surface area contributed by atoms with Crippen LogP contribution in [0.3, 0.4) is 0 Å². The van der Waals surface area contributed by atoms with Gasteiger partial charge in [-0.25, -0.2) is 0 Å². The number of benzene rings is 1. The average molecular weight is 264 g/mol. The zero-order chi connectivity index (χ0) is 13.7. The highest BCUT2D eigenvalue weighted by Crippen LogP contribution is 2.17. The lowest BCUT2D eigenvalue weighted by Gasteiger charge is -2.24. The number of hydrogen-bond donors (Lipinski definition) is 2. The van der Waals surface area contributed by atoms with Crippen molar-refractivity contribution in [2.45, 2.75) is 38.5 Å². The minimum absolute atomic E-state index is 0.338. The van der Waals surface area contributed by atoms with Crippen molar-refractivity contribution in [1.29, 1.82) is 0 Å². The van der Waals surface area contributed by atoms with Crippen LogP contribution in [-0.2, 0) is 6.54 Å². The number of nitrogens with zero attached hydrogens (tertiary/aromatic N) is 1. The summed E-state index contributed by atoms with van der Waals surface area (Å²) < 4.78 is 5.60. The van der Waals surface area contributed by atoms with Gasteiger partial charge in [-0.05, 0) is 44.0 Å². The SMILES string of the molecule is CC1CCCN1CC(O)COc1ccc(CN)cc1. The molecule has 0 radical (unpaired) electrons. The predicted molar refractivity (Wildman–Crippen MR) is 76.1 cm³/mol. The number of rotatable bonds is 6. The van der Waals surface area contributed by atoms with E-state index in [4.69, 9.17) is 10.5 Å². The van der Waals surface area contributed by atoms with Crippen LogP contribution in [0.4, 0.5) is 0 Å². The maximum atomic E-state index is 10.0. The van der Waals surface area contributed by atoms with E-state index in [9.17, 15) is 5.11 Å². The van der Waals surface area contributed by atoms with Crippen molar-refractivity contribution >= 4 is 0 Å². The summed E-state index contributed by atoms with van der Waals surface area (Å²) >= 11 is 0. The van der Waals surface area contributed by atoms with Gasteiger partial charge in [0, 0.05) is 19.1 Å². The molecule has 1 saturated heterocycles. The second-order valence-electron chi connectivity index (χ2n) is 5.30. The Hall–Kier alpha value is -1.10. The molecule has 0 saturated carbocycles. The molecule has 4 nitrogen and oxygen atoms in total. The zero-order valence-electron chi connectivity index (χ0n) is 11.6. The summed E-state index contributed by atoms with van der Waals surface area (Å²) in [5, 5.41) is 10.0. The summed E-state index contributed by atoms with van der Waals surface area (Å²) in [6.45, 7) is 4.87. The van der Waals surface area contributed by atoms with E-state index >= 15 is 0 Å². The van der Waals surface area contributed by atoms with Gasteiger partial charge in [0.1, 0.15) is 18.5 Å². The van der Waals surface area contributed by atoms with Gasteiger partial charge in [-0.1, -0.05) is 12.1 Å². The van der Waals surface area contributed by atoms with Gasteiger partial charge in [0.05, 0.1) is 0 Å². The Morgan fingerprint density at radius 3 is 2.74 bits per heavy atom. The van der Waals surface area contributed by atoms with E-state index in [1.807, 2.05) is 24.3 Å². The molecule has 19 heavy (non-hydrogen) atoms. The normalized spacial score (nSPS) is 21.5. The fourth-order valence-electron chi connectivity index (χ4n) is 2.50. The molecule has 1 aliphatic heterocycles. The number of hydrogen-bond acceptors (Lipinski definition) is 4. The summed E-state index contributed by atoms with van der Waals surface area (Å²) in [6, 6.07) is 8.27. The number of nitrogens with two attached hydrogens (primary N) is 1. The molecule has 1 aromatic rings. The zero-order valence-corrected chi connectivity index (χ0v) is 11.6. The molecule has 2 unspecified atom stereocenters. The van der Waals surface area contributed by atoms with E-state index in [1.165, 1.54) is 12.8 Å². The molecule has 0 aromatic heterocycles. The molecule has 0 aliphatic carbocycles. The molecule has 3 N–H and O–H groups in total. The van der Waals surface area contributed by atoms with Crippen LogP contribution in [0.2, 0.25) is 0 Å². The summed E-state index contributed by atoms with van der Waals surface area (Å²) in [5.74, 6) is 0.783. The Labute approximate surface area is 115 Å². The monoisotopic (exact) mass is 264 g/mol. The highest BCUT2D eigenvalue weighted by Gasteiger charge is 2.22. The minimum atomic E-state index is -0.435. The van der Waals surface area contributed by atoms with Gasteiger partial charge >= 0.3 is 0 Å². The van der Waals surface area contributed by atoms with Crippen LogP contribution >= 0.6 is 0 Å². The molecule has 1 heterocycles. The van der Waals surface area contributed by atoms with Crippen molar-refractivity contribution < 1.29 is 9.84 Å². The third-order valence-electron chi connectivity index (χ3n) is 3.74. The third kappa shape index (κ3) is 4.20. The maximum absolute atomic E-state index is 10.0. The van der Waals surface area contributed by atoms with Crippen LogP contribution in [0, 0.1) is 0 Å². The second kappa shape index (κ2) is 6.89. The lowest BCUT2D eigenvalue weighted by Crippen LogP contribution is -2.37. The van der Waals surface area contributed by atoms with E-state index in [-0.39, 0.29) is 0 Å². The fraction of sp³-hybridized carbons (Fsp3) is 0.600. The molecule has 1 aromatic carbocycles. The van der Waals surface area contributed by atoms with Crippen molar-refractivity contribution in [1.82, 2.24) is 4.90 Å². The van der Waals surface area contributed by atoms with Gasteiger partial charge in [-0.15, -0.1) is 0 Å². The molecule has 2 atom stereocenters. The van der Waals surface area contributed by atoms with Crippen LogP contribution in [0.1, 0.15) is 25.3 Å². The van der Waals surface area contributed by atoms with Gasteiger partial charge < -0.3 is 15.6 Å². The standard InChI is InChI=1S/C15H24N2O2/c1-12-3-2-8-17(12)10-14(18)11-19-15-6-4-13(9-16)5-7-15/h4-7,12,14,18H,2-3,8-11,16H2,1H3. The fourth-order valence-corrected chi connectivity index (χ4v) is 2.50. The number of likely N-dealkylation sites (tertiary alicyclic amines) is 1. The van der Waals surface area contributed by atoms with Gasteiger partial charge in [0.25, 0.3) is 0 Å². The topological polar surface area (TPSA) is 58.7 Å². The van der Waals surface area contributed by atoms with Gasteiger partial charge in [-0.2, -0.15) is 0 Å². The van der Waals surface area contributed by atoms with Crippen molar-refractivity contribution in [2.24, 2.45) is 5.73 Å². The number of aliphatic hydroxyl groups is 1. The molecule has 0 amide bonds. The Balaban J connectivity index is 1.74. The van der Waals surface area contributed by atoms with Crippen molar-refractivity contribution in [3.63, 3.8) is 0 Å². The lowest BCUT2D eigenvalue weighted by molar-refractivity contribution is 0.0662. The largest absolute Gasteiger partial charge is 0.491 e. The van der Waals surface area contributed by atoms with Crippen LogP contribution in [0.5, 0.6) is 5.75 Å². The Kier molecular flexibility index (Phi) is 5.19. The average Bonchev–Trinajstić information content (AvgIpc) is 2.82. The third-order valence-corrected chi connectivity index (χ3v) is 3.74. The first-order valence-electron chi connectivity index (χ1n) is 7.03. The minimum Gasteiger partial charge on any atom is -0.491 e. The van der Waals surface area contributed by atoms with E-state index < -0.39 is 6.10 Å². The summed E-state index contributed by atoms with van der Waals surface area (Å²) in [7, 11) is 0. The molecular formula is C15H24N2O2. The molecule has 106 valence electrons. The van der Waals surface area contributed by atoms with Crippen LogP contribution in [0.15, 0.2) is 24.3 Å². The van der Waals surface area contributed by atoms with E-state index in [1.54, 1.807) is 0 Å². The molecule has 0 bridgehead atoms. The summed E-state index contributed by atoms with van der Waals surface area (Å²) in [4.78, 5) is 2.32. The van der Waals surface area contributed by atoms with E-state index in [2.05, 4.69) is 11.8 Å². The Bertz CT molecular complexity index is 380. The van der Waals surface area contributed by atoms with Gasteiger partial charge in [-0.3, -0.25) is 4.90 Å². The molecule has 1 aliphatic rings. The first-order chi connectivity index (χ1) is 9.19. The molecule has 2 rings (SSSR count). The molecule has 0 spiro atoms. The summed E-state index contributed by atoms with van der Waals surface area (Å²) in [6.07, 6.45) is 2.03. The lowest BCUT2D eigenvalue weighted by atomic mass is 10.2. The Morgan fingerprint density at radius 1 is 1.42 bits per heavy atom. The van der Waals surface area contributed by atoms with Crippen LogP contribution < -0.4 is 10.5 Å². The smallest absolute Gasteiger partial charge is 0.119 e. The molecule has 1 fully saturated rings. The van der Waals surface area contributed by atoms with Crippen LogP contribution in [-0.4, -0.2) is 41.8 Å². The van der Waals surface area contributed by atoms with Crippen molar-refractivity contribution in [2.75, 3.05) is 19.7 Å². The van der Waals surface area contributed by atoms with Gasteiger partial charge in [0.2, 0.25) is 0 Å². The predicted octanol–water partition coefficient (Wildman–Crippen LogP) is 1.37. The number of ether oxygens (including phenoxy) is 1. The van der Waals surface area contributed by atoms with Crippen molar-refractivity contribution in [3.8, 4) is 5.75 Å². The van der Waals surface area contributed by atoms with Gasteiger partial charge in [0.15, 0.2) is 0 Å². The maximum Gasteiger partial charge on any atom is 0.119 e. The highest BCUT2D eigenvalue weighted by molar-refractivity contribution is 5.27. The second-order valence-corrected chi connectivity index (χ2v) is 5.30. The van der Waals surface area contributed by atoms with Crippen LogP contribution in [0.25, 0.3) is 0 Å².